The Morgan fingerprint density at radius 1 is 1.14 bits per heavy atom. The molecule has 108 valence electrons. The fourth-order valence-corrected chi connectivity index (χ4v) is 2.46. The lowest BCUT2D eigenvalue weighted by Crippen LogP contribution is -2.27. The number of rotatable bonds is 3. The maximum Gasteiger partial charge on any atom is 0.222 e. The minimum absolute atomic E-state index is 0.213. The van der Waals surface area contributed by atoms with Crippen LogP contribution in [0.3, 0.4) is 0 Å². The van der Waals surface area contributed by atoms with Gasteiger partial charge in [0.05, 0.1) is 5.69 Å². The Hall–Kier alpha value is -2.40. The lowest BCUT2D eigenvalue weighted by atomic mass is 10.2. The molecule has 4 N–H and O–H groups in total. The number of nitrogen functional groups attached to an aromatic ring is 1. The molecule has 1 aromatic heterocycles. The van der Waals surface area contributed by atoms with Gasteiger partial charge < -0.3 is 16.4 Å². The molecule has 1 unspecified atom stereocenters. The van der Waals surface area contributed by atoms with E-state index < -0.39 is 0 Å². The molecule has 1 fully saturated rings. The first-order valence-corrected chi connectivity index (χ1v) is 7.09. The number of hydrogen-bond acceptors (Lipinski definition) is 5. The molecule has 1 saturated heterocycles. The summed E-state index contributed by atoms with van der Waals surface area (Å²) in [6.45, 7) is 1.73. The van der Waals surface area contributed by atoms with Crippen molar-refractivity contribution in [2.75, 3.05) is 23.7 Å². The minimum atomic E-state index is 0.213. The van der Waals surface area contributed by atoms with E-state index in [4.69, 9.17) is 11.5 Å². The normalized spacial score (nSPS) is 18.5. The Kier molecular flexibility index (Phi) is 3.83. The third-order valence-corrected chi connectivity index (χ3v) is 3.54. The van der Waals surface area contributed by atoms with Gasteiger partial charge in [-0.15, -0.1) is 0 Å². The van der Waals surface area contributed by atoms with E-state index in [1.54, 1.807) is 0 Å². The van der Waals surface area contributed by atoms with Gasteiger partial charge in [0, 0.05) is 25.2 Å². The number of benzene rings is 1. The van der Waals surface area contributed by atoms with Gasteiger partial charge in [0.1, 0.15) is 5.82 Å². The molecule has 1 aliphatic rings. The van der Waals surface area contributed by atoms with E-state index in [1.165, 1.54) is 0 Å². The summed E-state index contributed by atoms with van der Waals surface area (Å²) in [6, 6.07) is 12.3. The van der Waals surface area contributed by atoms with E-state index in [2.05, 4.69) is 14.9 Å². The average molecular weight is 281 g/mol. The van der Waals surface area contributed by atoms with Crippen LogP contribution in [0.5, 0.6) is 0 Å². The zero-order chi connectivity index (χ0) is 14.7. The molecule has 1 aromatic carbocycles. The van der Waals surface area contributed by atoms with E-state index in [9.17, 15) is 0 Å². The topological polar surface area (TPSA) is 81.1 Å². The molecule has 1 atom stereocenters. The van der Waals surface area contributed by atoms with E-state index in [-0.39, 0.29) is 6.04 Å². The van der Waals surface area contributed by atoms with Crippen molar-refractivity contribution in [3.05, 3.63) is 47.7 Å². The molecule has 2 aromatic rings. The summed E-state index contributed by atoms with van der Waals surface area (Å²) in [5, 5.41) is 0. The molecule has 0 aliphatic carbocycles. The Morgan fingerprint density at radius 3 is 2.67 bits per heavy atom. The molecule has 0 radical (unpaired) electrons. The monoisotopic (exact) mass is 281 g/mol. The third kappa shape index (κ3) is 3.38. The van der Waals surface area contributed by atoms with Crippen molar-refractivity contribution in [2.45, 2.75) is 12.5 Å². The predicted molar refractivity (Wildman–Crippen MR) is 86.6 cm³/mol. The molecule has 0 amide bonds. The molecule has 1 aliphatic heterocycles. The summed E-state index contributed by atoms with van der Waals surface area (Å²) >= 11 is 0. The van der Waals surface area contributed by atoms with Crippen LogP contribution in [0.4, 0.5) is 11.8 Å². The molecule has 21 heavy (non-hydrogen) atoms. The predicted octanol–water partition coefficient (Wildman–Crippen LogP) is 1.77. The molecular weight excluding hydrogens is 262 g/mol. The van der Waals surface area contributed by atoms with Crippen molar-refractivity contribution in [3.8, 4) is 0 Å². The Balaban J connectivity index is 1.83. The van der Waals surface area contributed by atoms with Crippen molar-refractivity contribution in [1.82, 2.24) is 9.97 Å². The third-order valence-electron chi connectivity index (χ3n) is 3.54. The van der Waals surface area contributed by atoms with Crippen molar-refractivity contribution in [1.29, 1.82) is 0 Å². The largest absolute Gasteiger partial charge is 0.368 e. The molecule has 5 nitrogen and oxygen atoms in total. The summed E-state index contributed by atoms with van der Waals surface area (Å²) in [6.07, 6.45) is 4.95. The lowest BCUT2D eigenvalue weighted by Gasteiger charge is -2.17. The van der Waals surface area contributed by atoms with Crippen LogP contribution in [-0.2, 0) is 0 Å². The molecule has 0 bridgehead atoms. The van der Waals surface area contributed by atoms with Gasteiger partial charge in [0.2, 0.25) is 5.95 Å². The molecule has 0 saturated carbocycles. The minimum Gasteiger partial charge on any atom is -0.368 e. The van der Waals surface area contributed by atoms with Crippen LogP contribution >= 0.6 is 0 Å². The van der Waals surface area contributed by atoms with Crippen LogP contribution in [-0.4, -0.2) is 29.1 Å². The Morgan fingerprint density at radius 2 is 1.95 bits per heavy atom. The summed E-state index contributed by atoms with van der Waals surface area (Å²) in [7, 11) is 0. The zero-order valence-corrected chi connectivity index (χ0v) is 11.8. The number of nitrogens with two attached hydrogens (primary N) is 2. The SMILES string of the molecule is Nc1nc(/C=C/c2ccccc2)cc(N2CCC(N)C2)n1. The van der Waals surface area contributed by atoms with Gasteiger partial charge >= 0.3 is 0 Å². The van der Waals surface area contributed by atoms with Crippen molar-refractivity contribution in [3.63, 3.8) is 0 Å². The molecule has 0 spiro atoms. The van der Waals surface area contributed by atoms with E-state index in [1.807, 2.05) is 48.6 Å². The highest BCUT2D eigenvalue weighted by Gasteiger charge is 2.20. The van der Waals surface area contributed by atoms with Gasteiger partial charge in [0.25, 0.3) is 0 Å². The zero-order valence-electron chi connectivity index (χ0n) is 11.8. The smallest absolute Gasteiger partial charge is 0.222 e. The highest BCUT2D eigenvalue weighted by atomic mass is 15.2. The molecule has 2 heterocycles. The first-order valence-electron chi connectivity index (χ1n) is 7.09. The molecular formula is C16H19N5. The van der Waals surface area contributed by atoms with Gasteiger partial charge in [0.15, 0.2) is 0 Å². The van der Waals surface area contributed by atoms with Crippen LogP contribution in [0.25, 0.3) is 12.2 Å². The highest BCUT2D eigenvalue weighted by Crippen LogP contribution is 2.20. The second-order valence-corrected chi connectivity index (χ2v) is 5.25. The van der Waals surface area contributed by atoms with Gasteiger partial charge in [-0.2, -0.15) is 4.98 Å². The van der Waals surface area contributed by atoms with Crippen molar-refractivity contribution < 1.29 is 0 Å². The van der Waals surface area contributed by atoms with Crippen LogP contribution < -0.4 is 16.4 Å². The molecule has 3 rings (SSSR count). The second kappa shape index (κ2) is 5.93. The Labute approximate surface area is 124 Å². The van der Waals surface area contributed by atoms with E-state index in [0.717, 1.165) is 36.6 Å². The maximum absolute atomic E-state index is 5.94. The standard InChI is InChI=1S/C16H19N5/c17-13-8-9-21(11-13)15-10-14(19-16(18)20-15)7-6-12-4-2-1-3-5-12/h1-7,10,13H,8-9,11,17H2,(H2,18,19,20)/b7-6+. The van der Waals surface area contributed by atoms with E-state index in [0.29, 0.717) is 5.95 Å². The van der Waals surface area contributed by atoms with Crippen LogP contribution in [0.1, 0.15) is 17.7 Å². The summed E-state index contributed by atoms with van der Waals surface area (Å²) in [5.41, 5.74) is 13.7. The highest BCUT2D eigenvalue weighted by molar-refractivity contribution is 5.69. The maximum atomic E-state index is 5.94. The Bertz CT molecular complexity index is 638. The number of hydrogen-bond donors (Lipinski definition) is 2. The summed E-state index contributed by atoms with van der Waals surface area (Å²) in [5.74, 6) is 1.14. The van der Waals surface area contributed by atoms with E-state index >= 15 is 0 Å². The number of nitrogens with zero attached hydrogens (tertiary/aromatic N) is 3. The first-order chi connectivity index (χ1) is 10.2. The van der Waals surface area contributed by atoms with Crippen molar-refractivity contribution in [2.24, 2.45) is 5.73 Å². The van der Waals surface area contributed by atoms with Crippen LogP contribution in [0, 0.1) is 0 Å². The molecule has 5 heteroatoms. The van der Waals surface area contributed by atoms with Gasteiger partial charge in [-0.05, 0) is 18.1 Å². The first kappa shape index (κ1) is 13.6. The van der Waals surface area contributed by atoms with Crippen LogP contribution in [0.2, 0.25) is 0 Å². The van der Waals surface area contributed by atoms with Gasteiger partial charge in [-0.3, -0.25) is 0 Å². The second-order valence-electron chi connectivity index (χ2n) is 5.25. The fraction of sp³-hybridized carbons (Fsp3) is 0.250. The van der Waals surface area contributed by atoms with Gasteiger partial charge in [-0.25, -0.2) is 4.98 Å². The average Bonchev–Trinajstić information content (AvgIpc) is 2.92. The fourth-order valence-electron chi connectivity index (χ4n) is 2.46. The summed E-state index contributed by atoms with van der Waals surface area (Å²) < 4.78 is 0. The quantitative estimate of drug-likeness (QED) is 0.896. The summed E-state index contributed by atoms with van der Waals surface area (Å²) in [4.78, 5) is 10.7. The van der Waals surface area contributed by atoms with Gasteiger partial charge in [-0.1, -0.05) is 36.4 Å². The van der Waals surface area contributed by atoms with Crippen molar-refractivity contribution >= 4 is 23.9 Å². The van der Waals surface area contributed by atoms with Crippen LogP contribution in [0.15, 0.2) is 36.4 Å². The lowest BCUT2D eigenvalue weighted by molar-refractivity contribution is 0.751. The number of aromatic nitrogens is 2. The number of anilines is 2.